The first-order chi connectivity index (χ1) is 14.6. The first kappa shape index (κ1) is 22.6. The maximum Gasteiger partial charge on any atom is 0.234 e. The maximum atomic E-state index is 12.4. The van der Waals surface area contributed by atoms with Crippen molar-refractivity contribution in [2.24, 2.45) is 0 Å². The number of rotatable bonds is 10. The third-order valence-corrected chi connectivity index (χ3v) is 5.63. The van der Waals surface area contributed by atoms with Crippen LogP contribution in [0.2, 0.25) is 0 Å². The van der Waals surface area contributed by atoms with Crippen molar-refractivity contribution >= 4 is 21.8 Å². The number of ether oxygens (including phenoxy) is 3. The predicted molar refractivity (Wildman–Crippen MR) is 120 cm³/mol. The Morgan fingerprint density at radius 1 is 1.10 bits per heavy atom. The highest BCUT2D eigenvalue weighted by atomic mass is 79.9. The maximum absolute atomic E-state index is 12.4. The number of amides is 1. The van der Waals surface area contributed by atoms with E-state index < -0.39 is 0 Å². The normalized spacial score (nSPS) is 15.4. The highest BCUT2D eigenvalue weighted by molar-refractivity contribution is 9.10. The lowest BCUT2D eigenvalue weighted by Crippen LogP contribution is -2.50. The van der Waals surface area contributed by atoms with E-state index in [-0.39, 0.29) is 18.0 Å². The second kappa shape index (κ2) is 11.3. The Morgan fingerprint density at radius 2 is 1.80 bits per heavy atom. The van der Waals surface area contributed by atoms with Gasteiger partial charge in [-0.05, 0) is 61.7 Å². The topological polar surface area (TPSA) is 68.8 Å². The first-order valence-electron chi connectivity index (χ1n) is 10.3. The van der Waals surface area contributed by atoms with Gasteiger partial charge in [0.2, 0.25) is 5.91 Å². The molecule has 0 aromatic heterocycles. The molecule has 1 fully saturated rings. The smallest absolute Gasteiger partial charge is 0.234 e. The lowest BCUT2D eigenvalue weighted by Gasteiger charge is -2.38. The molecule has 0 radical (unpaired) electrons. The quantitative estimate of drug-likeness (QED) is 0.512. The molecule has 0 spiro atoms. The summed E-state index contributed by atoms with van der Waals surface area (Å²) in [5, 5.41) is 6.40. The summed E-state index contributed by atoms with van der Waals surface area (Å²) in [6.45, 7) is 5.04. The molecule has 1 heterocycles. The molecule has 2 N–H and O–H groups in total. The van der Waals surface area contributed by atoms with Gasteiger partial charge in [-0.15, -0.1) is 0 Å². The van der Waals surface area contributed by atoms with Crippen LogP contribution in [0.4, 0.5) is 0 Å². The van der Waals surface area contributed by atoms with Gasteiger partial charge in [-0.1, -0.05) is 28.1 Å². The average Bonchev–Trinajstić information content (AvgIpc) is 2.77. The highest BCUT2D eigenvalue weighted by Crippen LogP contribution is 2.33. The zero-order valence-corrected chi connectivity index (χ0v) is 18.9. The monoisotopic (exact) mass is 476 g/mol. The molecule has 30 heavy (non-hydrogen) atoms. The van der Waals surface area contributed by atoms with E-state index in [0.717, 1.165) is 28.8 Å². The van der Waals surface area contributed by atoms with E-state index in [4.69, 9.17) is 14.2 Å². The molecule has 1 aliphatic rings. The zero-order chi connectivity index (χ0) is 21.2. The third kappa shape index (κ3) is 6.45. The van der Waals surface area contributed by atoms with Crippen molar-refractivity contribution in [3.8, 4) is 11.5 Å². The summed E-state index contributed by atoms with van der Waals surface area (Å²) in [4.78, 5) is 12.4. The fourth-order valence-electron chi connectivity index (χ4n) is 3.54. The summed E-state index contributed by atoms with van der Waals surface area (Å²) in [6, 6.07) is 15.7. The number of hydrogen-bond acceptors (Lipinski definition) is 5. The van der Waals surface area contributed by atoms with Crippen molar-refractivity contribution in [1.82, 2.24) is 10.6 Å². The first-order valence-corrected chi connectivity index (χ1v) is 11.1. The Labute approximate surface area is 186 Å². The number of hydrogen-bond donors (Lipinski definition) is 2. The molecule has 3 rings (SSSR count). The summed E-state index contributed by atoms with van der Waals surface area (Å²) in [6.07, 6.45) is 1.66. The van der Waals surface area contributed by atoms with Crippen LogP contribution in [0.15, 0.2) is 53.0 Å². The van der Waals surface area contributed by atoms with Crippen LogP contribution in [0.1, 0.15) is 25.3 Å². The molecule has 1 amide bonds. The van der Waals surface area contributed by atoms with Crippen LogP contribution in [0, 0.1) is 0 Å². The van der Waals surface area contributed by atoms with Gasteiger partial charge in [0, 0.05) is 23.2 Å². The zero-order valence-electron chi connectivity index (χ0n) is 17.3. The molecule has 6 nitrogen and oxygen atoms in total. The van der Waals surface area contributed by atoms with Gasteiger partial charge in [0.15, 0.2) is 0 Å². The van der Waals surface area contributed by atoms with Gasteiger partial charge in [-0.25, -0.2) is 0 Å². The minimum absolute atomic E-state index is 0.0499. The number of halogens is 1. The van der Waals surface area contributed by atoms with Crippen LogP contribution in [0.3, 0.4) is 0 Å². The lowest BCUT2D eigenvalue weighted by molar-refractivity contribution is -0.121. The number of carbonyl (C=O) groups excluding carboxylic acids is 1. The molecule has 0 unspecified atom stereocenters. The average molecular weight is 477 g/mol. The number of benzene rings is 2. The largest absolute Gasteiger partial charge is 0.494 e. The Morgan fingerprint density at radius 3 is 2.47 bits per heavy atom. The van der Waals surface area contributed by atoms with Crippen LogP contribution < -0.4 is 20.1 Å². The van der Waals surface area contributed by atoms with Gasteiger partial charge in [0.05, 0.1) is 19.7 Å². The van der Waals surface area contributed by atoms with E-state index in [1.54, 1.807) is 0 Å². The fourth-order valence-corrected chi connectivity index (χ4v) is 3.94. The Balaban J connectivity index is 1.44. The molecule has 2 aromatic carbocycles. The van der Waals surface area contributed by atoms with E-state index in [9.17, 15) is 4.79 Å². The standard InChI is InChI=1S/C23H29BrN2O4/c1-2-29-20-6-8-21(9-7-20)30-15-12-25-22(27)17-26-23(10-13-28-14-11-23)18-4-3-5-19(24)16-18/h3-9,16,26H,2,10-15,17H2,1H3,(H,25,27). The second-order valence-electron chi connectivity index (χ2n) is 7.16. The second-order valence-corrected chi connectivity index (χ2v) is 8.08. The fraction of sp³-hybridized carbons (Fsp3) is 0.435. The summed E-state index contributed by atoms with van der Waals surface area (Å²) in [5.41, 5.74) is 0.921. The molecule has 7 heteroatoms. The van der Waals surface area contributed by atoms with Crippen molar-refractivity contribution in [1.29, 1.82) is 0 Å². The highest BCUT2D eigenvalue weighted by Gasteiger charge is 2.34. The van der Waals surface area contributed by atoms with Crippen LogP contribution >= 0.6 is 15.9 Å². The lowest BCUT2D eigenvalue weighted by atomic mass is 9.82. The van der Waals surface area contributed by atoms with Gasteiger partial charge < -0.3 is 19.5 Å². The van der Waals surface area contributed by atoms with Crippen molar-refractivity contribution < 1.29 is 19.0 Å². The summed E-state index contributed by atoms with van der Waals surface area (Å²) < 4.78 is 17.7. The molecule has 162 valence electrons. The molecular formula is C23H29BrN2O4. The van der Waals surface area contributed by atoms with Gasteiger partial charge in [-0.2, -0.15) is 0 Å². The predicted octanol–water partition coefficient (Wildman–Crippen LogP) is 3.64. The van der Waals surface area contributed by atoms with E-state index >= 15 is 0 Å². The Kier molecular flexibility index (Phi) is 8.54. The van der Waals surface area contributed by atoms with E-state index in [2.05, 4.69) is 38.7 Å². The van der Waals surface area contributed by atoms with Gasteiger partial charge >= 0.3 is 0 Å². The van der Waals surface area contributed by atoms with Crippen molar-refractivity contribution in [3.63, 3.8) is 0 Å². The molecule has 0 saturated carbocycles. The van der Waals surface area contributed by atoms with Crippen molar-refractivity contribution in [2.75, 3.05) is 39.5 Å². The minimum atomic E-state index is -0.252. The SMILES string of the molecule is CCOc1ccc(OCCNC(=O)CNC2(c3cccc(Br)c3)CCOCC2)cc1. The molecule has 0 bridgehead atoms. The van der Waals surface area contributed by atoms with Crippen molar-refractivity contribution in [2.45, 2.75) is 25.3 Å². The van der Waals surface area contributed by atoms with E-state index in [0.29, 0.717) is 33.0 Å². The summed E-state index contributed by atoms with van der Waals surface area (Å²) in [7, 11) is 0. The number of nitrogens with one attached hydrogen (secondary N) is 2. The van der Waals surface area contributed by atoms with Gasteiger partial charge in [0.25, 0.3) is 0 Å². The number of carbonyl (C=O) groups is 1. The molecule has 1 aliphatic heterocycles. The summed E-state index contributed by atoms with van der Waals surface area (Å²) >= 11 is 3.55. The Hall–Kier alpha value is -2.09. The van der Waals surface area contributed by atoms with Gasteiger partial charge in [-0.3, -0.25) is 10.1 Å². The van der Waals surface area contributed by atoms with Crippen LogP contribution in [0.25, 0.3) is 0 Å². The minimum Gasteiger partial charge on any atom is -0.494 e. The third-order valence-electron chi connectivity index (χ3n) is 5.14. The van der Waals surface area contributed by atoms with Crippen LogP contribution in [0.5, 0.6) is 11.5 Å². The van der Waals surface area contributed by atoms with Crippen LogP contribution in [-0.2, 0) is 15.1 Å². The van der Waals surface area contributed by atoms with Crippen LogP contribution in [-0.4, -0.2) is 45.4 Å². The molecule has 0 atom stereocenters. The molecular weight excluding hydrogens is 448 g/mol. The van der Waals surface area contributed by atoms with E-state index in [1.165, 1.54) is 5.56 Å². The van der Waals surface area contributed by atoms with Gasteiger partial charge in [0.1, 0.15) is 18.1 Å². The molecule has 0 aliphatic carbocycles. The molecule has 1 saturated heterocycles. The van der Waals surface area contributed by atoms with E-state index in [1.807, 2.05) is 43.3 Å². The van der Waals surface area contributed by atoms with Crippen molar-refractivity contribution in [3.05, 3.63) is 58.6 Å². The molecule has 2 aromatic rings. The summed E-state index contributed by atoms with van der Waals surface area (Å²) in [5.74, 6) is 1.52. The Bertz CT molecular complexity index is 807.